The predicted octanol–water partition coefficient (Wildman–Crippen LogP) is 4.52. The second-order valence-corrected chi connectivity index (χ2v) is 9.43. The zero-order valence-corrected chi connectivity index (χ0v) is 19.4. The lowest BCUT2D eigenvalue weighted by molar-refractivity contribution is -0.133. The number of nitrogens with zero attached hydrogens (tertiary/aromatic N) is 3. The summed E-state index contributed by atoms with van der Waals surface area (Å²) in [5.41, 5.74) is 2.67. The van der Waals surface area contributed by atoms with Gasteiger partial charge in [0, 0.05) is 52.2 Å². The molecule has 0 saturated carbocycles. The smallest absolute Gasteiger partial charge is 0.222 e. The van der Waals surface area contributed by atoms with Crippen LogP contribution in [0.5, 0.6) is 0 Å². The summed E-state index contributed by atoms with van der Waals surface area (Å²) in [7, 11) is 0. The van der Waals surface area contributed by atoms with Gasteiger partial charge in [-0.2, -0.15) is 0 Å². The molecule has 2 aromatic rings. The monoisotopic (exact) mass is 435 g/mol. The van der Waals surface area contributed by atoms with Crippen molar-refractivity contribution in [1.82, 2.24) is 14.7 Å². The highest BCUT2D eigenvalue weighted by Gasteiger charge is 2.24. The molecule has 4 rings (SSSR count). The van der Waals surface area contributed by atoms with Crippen LogP contribution in [0.1, 0.15) is 43.9 Å². The average molecular weight is 436 g/mol. The maximum absolute atomic E-state index is 12.8. The molecule has 0 aliphatic carbocycles. The van der Waals surface area contributed by atoms with E-state index in [2.05, 4.69) is 58.0 Å². The van der Waals surface area contributed by atoms with Crippen LogP contribution in [-0.2, 0) is 11.3 Å². The van der Waals surface area contributed by atoms with Gasteiger partial charge >= 0.3 is 0 Å². The molecule has 32 heavy (non-hydrogen) atoms. The first kappa shape index (κ1) is 22.8. The molecule has 0 bridgehead atoms. The van der Waals surface area contributed by atoms with Crippen LogP contribution >= 0.6 is 0 Å². The van der Waals surface area contributed by atoms with Gasteiger partial charge in [-0.3, -0.25) is 14.6 Å². The van der Waals surface area contributed by atoms with E-state index >= 15 is 0 Å². The van der Waals surface area contributed by atoms with Gasteiger partial charge < -0.3 is 9.32 Å². The Bertz CT molecular complexity index is 854. The molecule has 2 aliphatic rings. The van der Waals surface area contributed by atoms with Gasteiger partial charge in [0.25, 0.3) is 0 Å². The van der Waals surface area contributed by atoms with E-state index < -0.39 is 0 Å². The molecular weight excluding hydrogens is 398 g/mol. The summed E-state index contributed by atoms with van der Waals surface area (Å²) in [4.78, 5) is 19.9. The van der Waals surface area contributed by atoms with Gasteiger partial charge in [0.15, 0.2) is 0 Å². The zero-order valence-electron chi connectivity index (χ0n) is 19.4. The van der Waals surface area contributed by atoms with E-state index in [0.717, 1.165) is 64.5 Å². The molecule has 1 amide bonds. The van der Waals surface area contributed by atoms with E-state index in [1.165, 1.54) is 24.0 Å². The quantitative estimate of drug-likeness (QED) is 0.611. The van der Waals surface area contributed by atoms with Crippen molar-refractivity contribution in [3.8, 4) is 0 Å². The molecule has 0 spiro atoms. The summed E-state index contributed by atoms with van der Waals surface area (Å²) in [5.74, 6) is 1.89. The number of likely N-dealkylation sites (tertiary alicyclic amines) is 1. The highest BCUT2D eigenvalue weighted by molar-refractivity contribution is 5.76. The number of amides is 1. The number of benzene rings is 1. The van der Waals surface area contributed by atoms with E-state index in [-0.39, 0.29) is 0 Å². The number of carbonyl (C=O) groups is 1. The van der Waals surface area contributed by atoms with Gasteiger partial charge in [0.05, 0.1) is 6.26 Å². The van der Waals surface area contributed by atoms with Crippen molar-refractivity contribution in [2.24, 2.45) is 5.92 Å². The third-order valence-corrected chi connectivity index (χ3v) is 6.75. The molecule has 5 nitrogen and oxygen atoms in total. The van der Waals surface area contributed by atoms with E-state index in [4.69, 9.17) is 4.42 Å². The molecule has 5 heteroatoms. The number of furan rings is 1. The van der Waals surface area contributed by atoms with Crippen LogP contribution < -0.4 is 0 Å². The van der Waals surface area contributed by atoms with Crippen molar-refractivity contribution in [3.05, 3.63) is 65.6 Å². The molecule has 2 fully saturated rings. The van der Waals surface area contributed by atoms with Crippen LogP contribution in [0, 0.1) is 5.92 Å². The Balaban J connectivity index is 1.16. The zero-order chi connectivity index (χ0) is 22.2. The Morgan fingerprint density at radius 2 is 1.84 bits per heavy atom. The number of piperazine rings is 1. The Labute approximate surface area is 192 Å². The van der Waals surface area contributed by atoms with E-state index in [1.54, 1.807) is 6.26 Å². The lowest BCUT2D eigenvalue weighted by Crippen LogP contribution is -2.48. The largest absolute Gasteiger partial charge is 0.465 e. The minimum Gasteiger partial charge on any atom is -0.465 e. The molecule has 2 aliphatic heterocycles. The van der Waals surface area contributed by atoms with Crippen molar-refractivity contribution in [2.75, 3.05) is 45.8 Å². The lowest BCUT2D eigenvalue weighted by atomic mass is 9.92. The van der Waals surface area contributed by atoms with E-state index in [0.29, 0.717) is 18.2 Å². The summed E-state index contributed by atoms with van der Waals surface area (Å²) in [6.07, 6.45) is 8.03. The fourth-order valence-electron chi connectivity index (χ4n) is 5.03. The third kappa shape index (κ3) is 6.81. The van der Waals surface area contributed by atoms with E-state index in [9.17, 15) is 4.79 Å². The fourth-order valence-corrected chi connectivity index (χ4v) is 5.03. The van der Waals surface area contributed by atoms with Gasteiger partial charge in [-0.1, -0.05) is 35.9 Å². The van der Waals surface area contributed by atoms with Crippen molar-refractivity contribution >= 4 is 12.0 Å². The Morgan fingerprint density at radius 1 is 1.03 bits per heavy atom. The van der Waals surface area contributed by atoms with Gasteiger partial charge in [0.1, 0.15) is 5.76 Å². The summed E-state index contributed by atoms with van der Waals surface area (Å²) in [6, 6.07) is 14.5. The number of hydrogen-bond donors (Lipinski definition) is 0. The topological polar surface area (TPSA) is 39.9 Å². The molecule has 3 heterocycles. The summed E-state index contributed by atoms with van der Waals surface area (Å²) >= 11 is 0. The van der Waals surface area contributed by atoms with Gasteiger partial charge in [-0.05, 0) is 62.4 Å². The van der Waals surface area contributed by atoms with Crippen LogP contribution in [-0.4, -0.2) is 66.4 Å². The van der Waals surface area contributed by atoms with E-state index in [1.807, 2.05) is 12.1 Å². The molecule has 1 aromatic heterocycles. The first-order valence-electron chi connectivity index (χ1n) is 12.1. The van der Waals surface area contributed by atoms with Crippen LogP contribution in [0.4, 0.5) is 0 Å². The van der Waals surface area contributed by atoms with Gasteiger partial charge in [-0.25, -0.2) is 0 Å². The summed E-state index contributed by atoms with van der Waals surface area (Å²) < 4.78 is 5.43. The van der Waals surface area contributed by atoms with Gasteiger partial charge in [0.2, 0.25) is 5.91 Å². The number of rotatable bonds is 8. The molecular formula is C27H37N3O2. The number of carbonyl (C=O) groups excluding carboxylic acids is 1. The number of hydrogen-bond acceptors (Lipinski definition) is 4. The average Bonchev–Trinajstić information content (AvgIpc) is 3.32. The van der Waals surface area contributed by atoms with Crippen molar-refractivity contribution in [1.29, 1.82) is 0 Å². The SMILES string of the molecule is C/C(=C\c1ccco1)CN1CCCC(CCC(=O)N2CCN(Cc3ccccc3)CC2)C1. The molecule has 1 unspecified atom stereocenters. The minimum absolute atomic E-state index is 0.343. The summed E-state index contributed by atoms with van der Waals surface area (Å²) in [5, 5.41) is 0. The van der Waals surface area contributed by atoms with Gasteiger partial charge in [-0.15, -0.1) is 0 Å². The van der Waals surface area contributed by atoms with Crippen molar-refractivity contribution in [3.63, 3.8) is 0 Å². The maximum atomic E-state index is 12.8. The lowest BCUT2D eigenvalue weighted by Gasteiger charge is -2.36. The summed E-state index contributed by atoms with van der Waals surface area (Å²) in [6.45, 7) is 10.0. The highest BCUT2D eigenvalue weighted by atomic mass is 16.3. The van der Waals surface area contributed by atoms with Crippen LogP contribution in [0.3, 0.4) is 0 Å². The second-order valence-electron chi connectivity index (χ2n) is 9.43. The fraction of sp³-hybridized carbons (Fsp3) is 0.519. The minimum atomic E-state index is 0.343. The molecule has 2 saturated heterocycles. The Morgan fingerprint density at radius 3 is 2.59 bits per heavy atom. The third-order valence-electron chi connectivity index (χ3n) is 6.75. The highest BCUT2D eigenvalue weighted by Crippen LogP contribution is 2.23. The van der Waals surface area contributed by atoms with Crippen molar-refractivity contribution < 1.29 is 9.21 Å². The first-order valence-corrected chi connectivity index (χ1v) is 12.1. The molecule has 0 N–H and O–H groups in total. The molecule has 172 valence electrons. The molecule has 1 aromatic carbocycles. The normalized spacial score (nSPS) is 21.1. The molecule has 0 radical (unpaired) electrons. The number of piperidine rings is 1. The maximum Gasteiger partial charge on any atom is 0.222 e. The Hall–Kier alpha value is -2.37. The predicted molar refractivity (Wildman–Crippen MR) is 129 cm³/mol. The van der Waals surface area contributed by atoms with Crippen molar-refractivity contribution in [2.45, 2.75) is 39.2 Å². The molecule has 1 atom stereocenters. The standard InChI is InChI=1S/C27H37N3O2/c1-23(19-26-10-6-18-32-26)20-29-13-5-9-25(22-29)11-12-27(31)30-16-14-28(15-17-30)21-24-7-3-2-4-8-24/h2-4,6-8,10,18-19,25H,5,9,11-17,20-22H2,1H3/b23-19+. The first-order chi connectivity index (χ1) is 15.7. The van der Waals surface area contributed by atoms with Crippen LogP contribution in [0.2, 0.25) is 0 Å². The van der Waals surface area contributed by atoms with Crippen LogP contribution in [0.15, 0.2) is 58.7 Å². The second kappa shape index (κ2) is 11.5. The van der Waals surface area contributed by atoms with Crippen LogP contribution in [0.25, 0.3) is 6.08 Å². The Kier molecular flexibility index (Phi) is 8.18.